The second-order valence-corrected chi connectivity index (χ2v) is 4.98. The highest BCUT2D eigenvalue weighted by Crippen LogP contribution is 2.38. The molecule has 1 saturated carbocycles. The first-order chi connectivity index (χ1) is 9.84. The summed E-state index contributed by atoms with van der Waals surface area (Å²) in [7, 11) is 0. The van der Waals surface area contributed by atoms with Crippen LogP contribution >= 0.6 is 0 Å². The quantitative estimate of drug-likeness (QED) is 0.863. The third-order valence-electron chi connectivity index (χ3n) is 3.29. The fraction of sp³-hybridized carbons (Fsp3) is 0.286. The number of hydrogen-bond acceptors (Lipinski definition) is 2. The maximum atomic E-state index is 13.3. The maximum Gasteiger partial charge on any atom is 0.419 e. The van der Waals surface area contributed by atoms with E-state index in [4.69, 9.17) is 0 Å². The number of hydrogen-bond donors (Lipinski definition) is 1. The van der Waals surface area contributed by atoms with Crippen molar-refractivity contribution < 1.29 is 17.6 Å². The topological polar surface area (TPSA) is 45.8 Å². The van der Waals surface area contributed by atoms with Gasteiger partial charge in [-0.25, -0.2) is 9.37 Å². The van der Waals surface area contributed by atoms with Crippen LogP contribution in [0.2, 0.25) is 0 Å². The van der Waals surface area contributed by atoms with Crippen LogP contribution in [0.3, 0.4) is 0 Å². The highest BCUT2D eigenvalue weighted by atomic mass is 19.4. The number of benzene rings is 1. The fourth-order valence-electron chi connectivity index (χ4n) is 2.08. The summed E-state index contributed by atoms with van der Waals surface area (Å²) in [6, 6.07) is 3.70. The maximum absolute atomic E-state index is 13.3. The molecule has 0 atom stereocenters. The molecule has 1 fully saturated rings. The Kier molecular flexibility index (Phi) is 3.07. The third kappa shape index (κ3) is 2.81. The molecule has 1 N–H and O–H groups in total. The van der Waals surface area contributed by atoms with Crippen LogP contribution in [-0.2, 0) is 6.18 Å². The number of rotatable bonds is 2. The smallest absolute Gasteiger partial charge is 0.310 e. The molecule has 1 aliphatic rings. The normalized spacial score (nSPS) is 15.2. The summed E-state index contributed by atoms with van der Waals surface area (Å²) < 4.78 is 51.4. The van der Waals surface area contributed by atoms with Crippen LogP contribution in [0.5, 0.6) is 0 Å². The van der Waals surface area contributed by atoms with Crippen molar-refractivity contribution in [2.24, 2.45) is 0 Å². The SMILES string of the molecule is O=c1cc(-c2ccc(F)c(C(F)(F)F)c2)nc(C2CC2)[nH]1. The lowest BCUT2D eigenvalue weighted by Gasteiger charge is -2.10. The zero-order valence-electron chi connectivity index (χ0n) is 10.7. The summed E-state index contributed by atoms with van der Waals surface area (Å²) in [5.41, 5.74) is -1.61. The van der Waals surface area contributed by atoms with Gasteiger partial charge in [0.15, 0.2) is 0 Å². The Morgan fingerprint density at radius 3 is 2.52 bits per heavy atom. The number of aromatic amines is 1. The number of aromatic nitrogens is 2. The van der Waals surface area contributed by atoms with Crippen LogP contribution in [0.1, 0.15) is 30.1 Å². The van der Waals surface area contributed by atoms with Gasteiger partial charge in [0, 0.05) is 17.5 Å². The lowest BCUT2D eigenvalue weighted by Crippen LogP contribution is -2.11. The number of H-pyrrole nitrogens is 1. The summed E-state index contributed by atoms with van der Waals surface area (Å²) in [5.74, 6) is -0.728. The monoisotopic (exact) mass is 298 g/mol. The van der Waals surface area contributed by atoms with Crippen LogP contribution in [0.4, 0.5) is 17.6 Å². The van der Waals surface area contributed by atoms with Gasteiger partial charge in [-0.2, -0.15) is 13.2 Å². The Labute approximate surface area is 116 Å². The molecule has 3 nitrogen and oxygen atoms in total. The average Bonchev–Trinajstić information content (AvgIpc) is 3.21. The first kappa shape index (κ1) is 13.8. The van der Waals surface area contributed by atoms with Gasteiger partial charge in [0.2, 0.25) is 0 Å². The van der Waals surface area contributed by atoms with Gasteiger partial charge in [0.25, 0.3) is 5.56 Å². The van der Waals surface area contributed by atoms with E-state index >= 15 is 0 Å². The number of alkyl halides is 3. The van der Waals surface area contributed by atoms with Crippen LogP contribution in [0, 0.1) is 5.82 Å². The van der Waals surface area contributed by atoms with E-state index in [1.165, 1.54) is 6.07 Å². The van der Waals surface area contributed by atoms with E-state index in [1.807, 2.05) is 0 Å². The van der Waals surface area contributed by atoms with Crippen LogP contribution in [0.25, 0.3) is 11.3 Å². The summed E-state index contributed by atoms with van der Waals surface area (Å²) in [4.78, 5) is 18.3. The molecule has 1 aromatic carbocycles. The van der Waals surface area contributed by atoms with Crippen molar-refractivity contribution in [1.82, 2.24) is 9.97 Å². The van der Waals surface area contributed by atoms with Crippen LogP contribution in [0.15, 0.2) is 29.1 Å². The molecule has 1 aliphatic carbocycles. The zero-order chi connectivity index (χ0) is 15.2. The Balaban J connectivity index is 2.10. The van der Waals surface area contributed by atoms with Crippen LogP contribution < -0.4 is 5.56 Å². The van der Waals surface area contributed by atoms with Crippen molar-refractivity contribution in [2.75, 3.05) is 0 Å². The summed E-state index contributed by atoms with van der Waals surface area (Å²) in [6.07, 6.45) is -3.01. The first-order valence-corrected chi connectivity index (χ1v) is 6.33. The number of nitrogens with zero attached hydrogens (tertiary/aromatic N) is 1. The van der Waals surface area contributed by atoms with Crippen molar-refractivity contribution in [1.29, 1.82) is 0 Å². The number of halogens is 4. The molecule has 0 radical (unpaired) electrons. The van der Waals surface area contributed by atoms with Gasteiger partial charge in [-0.3, -0.25) is 4.79 Å². The van der Waals surface area contributed by atoms with Gasteiger partial charge < -0.3 is 4.98 Å². The number of nitrogens with one attached hydrogen (secondary N) is 1. The summed E-state index contributed by atoms with van der Waals surface area (Å²) in [6.45, 7) is 0. The molecular weight excluding hydrogens is 288 g/mol. The molecule has 1 heterocycles. The largest absolute Gasteiger partial charge is 0.419 e. The summed E-state index contributed by atoms with van der Waals surface area (Å²) in [5, 5.41) is 0. The lowest BCUT2D eigenvalue weighted by molar-refractivity contribution is -0.139. The molecule has 0 spiro atoms. The van der Waals surface area contributed by atoms with Crippen molar-refractivity contribution in [3.05, 3.63) is 51.8 Å². The molecular formula is C14H10F4N2O. The second kappa shape index (κ2) is 4.68. The molecule has 2 aromatic rings. The van der Waals surface area contributed by atoms with Gasteiger partial charge in [0.05, 0.1) is 11.3 Å². The molecule has 0 saturated heterocycles. The standard InChI is InChI=1S/C14H10F4N2O/c15-10-4-3-8(5-9(10)14(16,17)18)11-6-12(21)20-13(19-11)7-1-2-7/h3-7H,1-2H2,(H,19,20,21). The Hall–Kier alpha value is -2.18. The third-order valence-corrected chi connectivity index (χ3v) is 3.29. The van der Waals surface area contributed by atoms with Gasteiger partial charge in [-0.15, -0.1) is 0 Å². The van der Waals surface area contributed by atoms with E-state index in [-0.39, 0.29) is 17.2 Å². The second-order valence-electron chi connectivity index (χ2n) is 4.98. The predicted octanol–water partition coefficient (Wildman–Crippen LogP) is 3.47. The van der Waals surface area contributed by atoms with Crippen molar-refractivity contribution >= 4 is 0 Å². The van der Waals surface area contributed by atoms with E-state index in [0.717, 1.165) is 25.0 Å². The summed E-state index contributed by atoms with van der Waals surface area (Å²) >= 11 is 0. The molecule has 0 unspecified atom stereocenters. The van der Waals surface area contributed by atoms with E-state index in [9.17, 15) is 22.4 Å². The minimum atomic E-state index is -4.79. The molecule has 7 heteroatoms. The zero-order valence-corrected chi connectivity index (χ0v) is 10.7. The highest BCUT2D eigenvalue weighted by Gasteiger charge is 2.34. The fourth-order valence-corrected chi connectivity index (χ4v) is 2.08. The van der Waals surface area contributed by atoms with E-state index in [0.29, 0.717) is 11.9 Å². The Bertz CT molecular complexity index is 747. The first-order valence-electron chi connectivity index (χ1n) is 6.33. The molecule has 110 valence electrons. The van der Waals surface area contributed by atoms with Gasteiger partial charge in [0.1, 0.15) is 11.6 Å². The molecule has 3 rings (SSSR count). The van der Waals surface area contributed by atoms with E-state index in [2.05, 4.69) is 9.97 Å². The van der Waals surface area contributed by atoms with Crippen LogP contribution in [-0.4, -0.2) is 9.97 Å². The molecule has 0 amide bonds. The highest BCUT2D eigenvalue weighted by molar-refractivity contribution is 5.60. The lowest BCUT2D eigenvalue weighted by atomic mass is 10.1. The Morgan fingerprint density at radius 2 is 1.90 bits per heavy atom. The average molecular weight is 298 g/mol. The Morgan fingerprint density at radius 1 is 1.19 bits per heavy atom. The van der Waals surface area contributed by atoms with E-state index in [1.54, 1.807) is 0 Å². The minimum Gasteiger partial charge on any atom is -0.310 e. The van der Waals surface area contributed by atoms with E-state index < -0.39 is 23.1 Å². The molecule has 21 heavy (non-hydrogen) atoms. The van der Waals surface area contributed by atoms with Gasteiger partial charge in [-0.05, 0) is 31.0 Å². The van der Waals surface area contributed by atoms with Crippen molar-refractivity contribution in [2.45, 2.75) is 24.9 Å². The molecule has 1 aromatic heterocycles. The van der Waals surface area contributed by atoms with Crippen molar-refractivity contribution in [3.8, 4) is 11.3 Å². The molecule has 0 bridgehead atoms. The van der Waals surface area contributed by atoms with Gasteiger partial charge >= 0.3 is 6.18 Å². The minimum absolute atomic E-state index is 0.0664. The van der Waals surface area contributed by atoms with Crippen molar-refractivity contribution in [3.63, 3.8) is 0 Å². The molecule has 0 aliphatic heterocycles. The van der Waals surface area contributed by atoms with Gasteiger partial charge in [-0.1, -0.05) is 0 Å². The predicted molar refractivity (Wildman–Crippen MR) is 67.2 cm³/mol.